The van der Waals surface area contributed by atoms with E-state index in [0.29, 0.717) is 25.0 Å². The summed E-state index contributed by atoms with van der Waals surface area (Å²) in [5.41, 5.74) is 1.25. The molecular formula is C14H18N4O2. The lowest BCUT2D eigenvalue weighted by Gasteiger charge is -2.09. The zero-order chi connectivity index (χ0) is 13.8. The summed E-state index contributed by atoms with van der Waals surface area (Å²) < 4.78 is 11.3. The van der Waals surface area contributed by atoms with Gasteiger partial charge in [-0.2, -0.15) is 0 Å². The van der Waals surface area contributed by atoms with E-state index in [4.69, 9.17) is 9.15 Å². The molecule has 3 rings (SSSR count). The molecule has 0 aliphatic carbocycles. The number of hydrogen-bond acceptors (Lipinski definition) is 6. The van der Waals surface area contributed by atoms with Crippen LogP contribution in [0.15, 0.2) is 28.7 Å². The van der Waals surface area contributed by atoms with Gasteiger partial charge in [-0.25, -0.2) is 0 Å². The van der Waals surface area contributed by atoms with E-state index in [1.807, 2.05) is 25.1 Å². The first-order valence-corrected chi connectivity index (χ1v) is 6.86. The van der Waals surface area contributed by atoms with Crippen LogP contribution in [0.4, 0.5) is 6.01 Å². The number of para-hydroxylation sites is 1. The minimum Gasteiger partial charge on any atom is -0.488 e. The van der Waals surface area contributed by atoms with Crippen molar-refractivity contribution < 1.29 is 9.15 Å². The smallest absolute Gasteiger partial charge is 0.315 e. The Labute approximate surface area is 117 Å². The van der Waals surface area contributed by atoms with Crippen LogP contribution in [0.5, 0.6) is 5.75 Å². The first kappa shape index (κ1) is 12.9. The summed E-state index contributed by atoms with van der Waals surface area (Å²) in [6.07, 6.45) is 1.01. The van der Waals surface area contributed by atoms with Gasteiger partial charge >= 0.3 is 6.01 Å². The zero-order valence-corrected chi connectivity index (χ0v) is 11.4. The number of benzene rings is 1. The Bertz CT molecular complexity index is 545. The quantitative estimate of drug-likeness (QED) is 0.833. The Kier molecular flexibility index (Phi) is 3.83. The molecule has 6 heteroatoms. The molecule has 1 unspecified atom stereocenters. The predicted octanol–water partition coefficient (Wildman–Crippen LogP) is 1.59. The van der Waals surface area contributed by atoms with Gasteiger partial charge in [0.05, 0.1) is 13.1 Å². The van der Waals surface area contributed by atoms with Gasteiger partial charge in [0.15, 0.2) is 0 Å². The van der Waals surface area contributed by atoms with Crippen molar-refractivity contribution in [3.05, 3.63) is 35.7 Å². The number of ether oxygens (including phenoxy) is 1. The van der Waals surface area contributed by atoms with Gasteiger partial charge in [0.1, 0.15) is 11.9 Å². The summed E-state index contributed by atoms with van der Waals surface area (Å²) >= 11 is 0. The standard InChI is InChI=1S/C14H18N4O2/c1-2-15-9-13-17-18-14(20-13)16-8-11-7-10-5-3-4-6-12(10)19-11/h3-6,11,15H,2,7-9H2,1H3,(H,16,18). The number of nitrogens with one attached hydrogen (secondary N) is 2. The van der Waals surface area contributed by atoms with E-state index in [9.17, 15) is 0 Å². The van der Waals surface area contributed by atoms with Crippen molar-refractivity contribution in [3.8, 4) is 5.75 Å². The molecule has 1 aliphatic rings. The van der Waals surface area contributed by atoms with Crippen LogP contribution in [0.1, 0.15) is 18.4 Å². The fourth-order valence-electron chi connectivity index (χ4n) is 2.20. The summed E-state index contributed by atoms with van der Waals surface area (Å²) in [7, 11) is 0. The summed E-state index contributed by atoms with van der Waals surface area (Å²) in [6, 6.07) is 8.55. The molecule has 1 aromatic heterocycles. The van der Waals surface area contributed by atoms with E-state index in [0.717, 1.165) is 18.7 Å². The van der Waals surface area contributed by atoms with Crippen LogP contribution in [-0.4, -0.2) is 29.4 Å². The number of fused-ring (bicyclic) bond motifs is 1. The molecule has 0 bridgehead atoms. The average molecular weight is 274 g/mol. The minimum atomic E-state index is 0.108. The Hall–Kier alpha value is -2.08. The van der Waals surface area contributed by atoms with E-state index < -0.39 is 0 Å². The second-order valence-electron chi connectivity index (χ2n) is 4.71. The third-order valence-electron chi connectivity index (χ3n) is 3.19. The highest BCUT2D eigenvalue weighted by Gasteiger charge is 2.22. The van der Waals surface area contributed by atoms with Gasteiger partial charge < -0.3 is 19.8 Å². The number of rotatable bonds is 6. The molecule has 106 valence electrons. The molecule has 0 radical (unpaired) electrons. The molecule has 0 saturated heterocycles. The van der Waals surface area contributed by atoms with Crippen molar-refractivity contribution in [1.82, 2.24) is 15.5 Å². The van der Waals surface area contributed by atoms with Crippen LogP contribution in [-0.2, 0) is 13.0 Å². The van der Waals surface area contributed by atoms with E-state index in [1.165, 1.54) is 5.56 Å². The average Bonchev–Trinajstić information content (AvgIpc) is 3.09. The SMILES string of the molecule is CCNCc1nnc(NCC2Cc3ccccc3O2)o1. The van der Waals surface area contributed by atoms with Gasteiger partial charge in [-0.3, -0.25) is 0 Å². The molecule has 1 aromatic carbocycles. The lowest BCUT2D eigenvalue weighted by atomic mass is 10.1. The zero-order valence-electron chi connectivity index (χ0n) is 11.4. The molecule has 2 heterocycles. The molecular weight excluding hydrogens is 256 g/mol. The number of aromatic nitrogens is 2. The normalized spacial score (nSPS) is 16.8. The van der Waals surface area contributed by atoms with Crippen LogP contribution in [0.25, 0.3) is 0 Å². The van der Waals surface area contributed by atoms with Gasteiger partial charge in [0.25, 0.3) is 0 Å². The third-order valence-corrected chi connectivity index (χ3v) is 3.19. The van der Waals surface area contributed by atoms with Crippen LogP contribution in [0.2, 0.25) is 0 Å². The molecule has 0 saturated carbocycles. The molecule has 20 heavy (non-hydrogen) atoms. The maximum atomic E-state index is 5.84. The Morgan fingerprint density at radius 2 is 2.20 bits per heavy atom. The van der Waals surface area contributed by atoms with Crippen molar-refractivity contribution in [2.75, 3.05) is 18.4 Å². The molecule has 2 aromatic rings. The van der Waals surface area contributed by atoms with Gasteiger partial charge in [-0.1, -0.05) is 30.2 Å². The largest absolute Gasteiger partial charge is 0.488 e. The minimum absolute atomic E-state index is 0.108. The van der Waals surface area contributed by atoms with E-state index in [-0.39, 0.29) is 6.10 Å². The van der Waals surface area contributed by atoms with E-state index >= 15 is 0 Å². The summed E-state index contributed by atoms with van der Waals surface area (Å²) in [5.74, 6) is 1.56. The maximum Gasteiger partial charge on any atom is 0.315 e. The highest BCUT2D eigenvalue weighted by Crippen LogP contribution is 2.28. The highest BCUT2D eigenvalue weighted by molar-refractivity contribution is 5.37. The molecule has 0 amide bonds. The van der Waals surface area contributed by atoms with Crippen LogP contribution < -0.4 is 15.4 Å². The van der Waals surface area contributed by atoms with Crippen LogP contribution >= 0.6 is 0 Å². The molecule has 0 fully saturated rings. The van der Waals surface area contributed by atoms with Crippen molar-refractivity contribution in [2.24, 2.45) is 0 Å². The van der Waals surface area contributed by atoms with Crippen molar-refractivity contribution in [3.63, 3.8) is 0 Å². The number of nitrogens with zero attached hydrogens (tertiary/aromatic N) is 2. The Morgan fingerprint density at radius 1 is 1.30 bits per heavy atom. The van der Waals surface area contributed by atoms with Gasteiger partial charge in [-0.05, 0) is 18.2 Å². The lowest BCUT2D eigenvalue weighted by molar-refractivity contribution is 0.245. The predicted molar refractivity (Wildman–Crippen MR) is 74.7 cm³/mol. The molecule has 6 nitrogen and oxygen atoms in total. The lowest BCUT2D eigenvalue weighted by Crippen LogP contribution is -2.24. The van der Waals surface area contributed by atoms with E-state index in [1.54, 1.807) is 0 Å². The maximum absolute atomic E-state index is 5.84. The Balaban J connectivity index is 1.50. The monoisotopic (exact) mass is 274 g/mol. The summed E-state index contributed by atoms with van der Waals surface area (Å²) in [5, 5.41) is 14.2. The first-order chi connectivity index (χ1) is 9.85. The highest BCUT2D eigenvalue weighted by atomic mass is 16.5. The molecule has 0 spiro atoms. The van der Waals surface area contributed by atoms with Crippen molar-refractivity contribution >= 4 is 6.01 Å². The van der Waals surface area contributed by atoms with Gasteiger partial charge in [-0.15, -0.1) is 5.10 Å². The fourth-order valence-corrected chi connectivity index (χ4v) is 2.20. The molecule has 1 aliphatic heterocycles. The van der Waals surface area contributed by atoms with Gasteiger partial charge in [0, 0.05) is 6.42 Å². The Morgan fingerprint density at radius 3 is 3.05 bits per heavy atom. The third kappa shape index (κ3) is 2.91. The van der Waals surface area contributed by atoms with Crippen molar-refractivity contribution in [2.45, 2.75) is 26.0 Å². The fraction of sp³-hybridized carbons (Fsp3) is 0.429. The summed E-state index contributed by atoms with van der Waals surface area (Å²) in [6.45, 7) is 4.15. The number of hydrogen-bond donors (Lipinski definition) is 2. The van der Waals surface area contributed by atoms with Crippen molar-refractivity contribution in [1.29, 1.82) is 0 Å². The molecule has 2 N–H and O–H groups in total. The topological polar surface area (TPSA) is 72.2 Å². The number of anilines is 1. The summed E-state index contributed by atoms with van der Waals surface area (Å²) in [4.78, 5) is 0. The first-order valence-electron chi connectivity index (χ1n) is 6.86. The molecule has 1 atom stereocenters. The van der Waals surface area contributed by atoms with Crippen LogP contribution in [0.3, 0.4) is 0 Å². The second kappa shape index (κ2) is 5.92. The van der Waals surface area contributed by atoms with Gasteiger partial charge in [0.2, 0.25) is 5.89 Å². The van der Waals surface area contributed by atoms with Crippen LogP contribution in [0, 0.1) is 0 Å². The second-order valence-corrected chi connectivity index (χ2v) is 4.71. The van der Waals surface area contributed by atoms with E-state index in [2.05, 4.69) is 26.9 Å².